The minimum absolute atomic E-state index is 0.194. The normalized spacial score (nSPS) is 23.3. The molecule has 3 fully saturated rings. The summed E-state index contributed by atoms with van der Waals surface area (Å²) in [6.07, 6.45) is 9.90. The van der Waals surface area contributed by atoms with Crippen molar-refractivity contribution in [1.82, 2.24) is 29.4 Å². The molecule has 3 saturated heterocycles. The summed E-state index contributed by atoms with van der Waals surface area (Å²) in [5, 5.41) is 5.41. The maximum absolute atomic E-state index is 14.2. The lowest BCUT2D eigenvalue weighted by molar-refractivity contribution is -0.134. The van der Waals surface area contributed by atoms with Gasteiger partial charge in [0, 0.05) is 67.5 Å². The zero-order chi connectivity index (χ0) is 23.7. The number of likely N-dealkylation sites (tertiary alicyclic amines) is 2. The molecule has 1 unspecified atom stereocenters. The van der Waals surface area contributed by atoms with E-state index in [-0.39, 0.29) is 5.75 Å². The van der Waals surface area contributed by atoms with Crippen LogP contribution in [0.4, 0.5) is 10.1 Å². The van der Waals surface area contributed by atoms with Gasteiger partial charge >= 0.3 is 0 Å². The topological polar surface area (TPSA) is 62.0 Å². The lowest BCUT2D eigenvalue weighted by Gasteiger charge is -2.64. The predicted octanol–water partition coefficient (Wildman–Crippen LogP) is 3.06. The smallest absolute Gasteiger partial charge is 0.167 e. The molecule has 0 N–H and O–H groups in total. The molecule has 0 saturated carbocycles. The Hall–Kier alpha value is -3.30. The van der Waals surface area contributed by atoms with Crippen molar-refractivity contribution >= 4 is 22.2 Å². The molecule has 0 aliphatic carbocycles. The Bertz CT molecular complexity index is 1430. The van der Waals surface area contributed by atoms with E-state index in [0.717, 1.165) is 53.0 Å². The van der Waals surface area contributed by atoms with E-state index in [2.05, 4.69) is 38.0 Å². The van der Waals surface area contributed by atoms with Crippen molar-refractivity contribution in [3.8, 4) is 16.9 Å². The number of ether oxygens (including phenoxy) is 1. The number of halogens is 1. The molecule has 3 aliphatic rings. The number of nitrogens with zero attached hydrogens (tertiary/aromatic N) is 7. The van der Waals surface area contributed by atoms with Crippen molar-refractivity contribution in [3.05, 3.63) is 48.8 Å². The van der Waals surface area contributed by atoms with Crippen molar-refractivity contribution in [3.63, 3.8) is 0 Å². The molecular formula is C26H28FN7O. The summed E-state index contributed by atoms with van der Waals surface area (Å²) < 4.78 is 21.3. The van der Waals surface area contributed by atoms with Gasteiger partial charge in [-0.3, -0.25) is 14.8 Å². The third kappa shape index (κ3) is 3.21. The highest BCUT2D eigenvalue weighted by molar-refractivity contribution is 5.98. The summed E-state index contributed by atoms with van der Waals surface area (Å²) in [5.41, 5.74) is 4.22. The van der Waals surface area contributed by atoms with Crippen molar-refractivity contribution in [2.75, 3.05) is 45.2 Å². The van der Waals surface area contributed by atoms with Gasteiger partial charge in [0.05, 0.1) is 36.9 Å². The number of hydrogen-bond donors (Lipinski definition) is 0. The van der Waals surface area contributed by atoms with Crippen LogP contribution in [-0.2, 0) is 0 Å². The number of likely N-dealkylation sites (N-methyl/N-ethyl adjacent to an activating group) is 1. The third-order valence-corrected chi connectivity index (χ3v) is 8.26. The van der Waals surface area contributed by atoms with Crippen molar-refractivity contribution in [2.45, 2.75) is 31.0 Å². The molecule has 0 bridgehead atoms. The number of piperidine rings is 1. The fourth-order valence-corrected chi connectivity index (χ4v) is 6.14. The monoisotopic (exact) mass is 473 g/mol. The van der Waals surface area contributed by atoms with E-state index in [9.17, 15) is 4.39 Å². The van der Waals surface area contributed by atoms with Crippen LogP contribution in [0, 0.1) is 5.82 Å². The zero-order valence-corrected chi connectivity index (χ0v) is 19.9. The first-order valence-electron chi connectivity index (χ1n) is 12.3. The largest absolute Gasteiger partial charge is 0.494 e. The van der Waals surface area contributed by atoms with Gasteiger partial charge in [-0.15, -0.1) is 0 Å². The molecule has 180 valence electrons. The lowest BCUT2D eigenvalue weighted by Crippen LogP contribution is -2.79. The summed E-state index contributed by atoms with van der Waals surface area (Å²) in [7, 11) is 3.70. The van der Waals surface area contributed by atoms with Gasteiger partial charge in [-0.2, -0.15) is 5.10 Å². The summed E-state index contributed by atoms with van der Waals surface area (Å²) in [6, 6.07) is 7.30. The number of rotatable bonds is 4. The molecular weight excluding hydrogens is 445 g/mol. The maximum Gasteiger partial charge on any atom is 0.167 e. The van der Waals surface area contributed by atoms with Crippen LogP contribution in [0.1, 0.15) is 12.8 Å². The highest BCUT2D eigenvalue weighted by Crippen LogP contribution is 2.37. The Morgan fingerprint density at radius 2 is 1.89 bits per heavy atom. The van der Waals surface area contributed by atoms with E-state index >= 15 is 0 Å². The van der Waals surface area contributed by atoms with E-state index in [0.29, 0.717) is 11.6 Å². The quantitative estimate of drug-likeness (QED) is 0.452. The molecule has 3 aliphatic heterocycles. The summed E-state index contributed by atoms with van der Waals surface area (Å²) in [6.45, 7) is 4.53. The van der Waals surface area contributed by atoms with E-state index in [1.807, 2.05) is 23.0 Å². The van der Waals surface area contributed by atoms with E-state index in [4.69, 9.17) is 9.72 Å². The van der Waals surface area contributed by atoms with Gasteiger partial charge in [0.15, 0.2) is 17.2 Å². The first kappa shape index (κ1) is 21.0. The Kier molecular flexibility index (Phi) is 4.72. The molecule has 0 amide bonds. The predicted molar refractivity (Wildman–Crippen MR) is 132 cm³/mol. The van der Waals surface area contributed by atoms with Crippen molar-refractivity contribution < 1.29 is 9.13 Å². The van der Waals surface area contributed by atoms with E-state index in [1.54, 1.807) is 12.3 Å². The van der Waals surface area contributed by atoms with Gasteiger partial charge in [-0.05, 0) is 37.6 Å². The molecule has 35 heavy (non-hydrogen) atoms. The molecule has 0 radical (unpaired) electrons. The Labute approximate surface area is 202 Å². The van der Waals surface area contributed by atoms with Crippen LogP contribution in [0.15, 0.2) is 43.0 Å². The highest BCUT2D eigenvalue weighted by atomic mass is 19.1. The highest BCUT2D eigenvalue weighted by Gasteiger charge is 2.51. The second-order valence-corrected chi connectivity index (χ2v) is 9.99. The fraction of sp³-hybridized carbons (Fsp3) is 0.423. The molecule has 3 aromatic heterocycles. The number of methoxy groups -OCH3 is 1. The van der Waals surface area contributed by atoms with Gasteiger partial charge in [0.1, 0.15) is 0 Å². The Morgan fingerprint density at radius 3 is 2.63 bits per heavy atom. The van der Waals surface area contributed by atoms with Crippen LogP contribution in [0.3, 0.4) is 0 Å². The minimum atomic E-state index is -0.426. The van der Waals surface area contributed by atoms with Gasteiger partial charge in [-0.25, -0.2) is 13.9 Å². The van der Waals surface area contributed by atoms with Crippen LogP contribution in [0.5, 0.6) is 5.75 Å². The van der Waals surface area contributed by atoms with Crippen LogP contribution < -0.4 is 9.64 Å². The first-order valence-corrected chi connectivity index (χ1v) is 12.3. The molecule has 8 nitrogen and oxygen atoms in total. The van der Waals surface area contributed by atoms with Crippen LogP contribution in [0.2, 0.25) is 0 Å². The number of pyridine rings is 1. The molecule has 2 atom stereocenters. The van der Waals surface area contributed by atoms with E-state index < -0.39 is 5.82 Å². The number of aromatic nitrogens is 4. The molecule has 1 aromatic carbocycles. The van der Waals surface area contributed by atoms with Crippen LogP contribution in [-0.4, -0.2) is 87.8 Å². The lowest BCUT2D eigenvalue weighted by atomic mass is 9.83. The van der Waals surface area contributed by atoms with Gasteiger partial charge in [0.2, 0.25) is 0 Å². The third-order valence-electron chi connectivity index (χ3n) is 8.26. The average molecular weight is 474 g/mol. The SMILES string of the molecule is COc1cc2c(-c3cnn4cc(N5CCC(N6C[C@@H]7C6CN7C)CC5)cnc34)ccnc2cc1F. The minimum Gasteiger partial charge on any atom is -0.494 e. The molecule has 7 rings (SSSR count). The second kappa shape index (κ2) is 7.86. The molecule has 0 spiro atoms. The number of anilines is 1. The van der Waals surface area contributed by atoms with Crippen LogP contribution in [0.25, 0.3) is 27.7 Å². The number of benzene rings is 1. The van der Waals surface area contributed by atoms with Crippen molar-refractivity contribution in [2.24, 2.45) is 0 Å². The number of hydrogen-bond acceptors (Lipinski definition) is 7. The second-order valence-electron chi connectivity index (χ2n) is 9.99. The maximum atomic E-state index is 14.2. The summed E-state index contributed by atoms with van der Waals surface area (Å²) >= 11 is 0. The number of fused-ring (bicyclic) bond motifs is 3. The number of piperazine rings is 1. The standard InChI is InChI=1S/C26H28FN7O/c1-31-14-24-23(31)15-33(24)16-4-7-32(8-5-16)17-11-29-26-20(12-30-34(26)13-17)18-3-6-28-22-10-21(27)25(35-2)9-19(18)22/h3,6,9-13,16,23-24H,4-5,7-8,14-15H2,1-2H3/t23-,24?/m1/s1. The molecule has 6 heterocycles. The first-order chi connectivity index (χ1) is 17.1. The van der Waals surface area contributed by atoms with E-state index in [1.165, 1.54) is 39.1 Å². The average Bonchev–Trinajstić information content (AvgIpc) is 3.29. The molecule has 9 heteroatoms. The van der Waals surface area contributed by atoms with Crippen LogP contribution >= 0.6 is 0 Å². The van der Waals surface area contributed by atoms with Gasteiger partial charge < -0.3 is 9.64 Å². The van der Waals surface area contributed by atoms with Gasteiger partial charge in [-0.1, -0.05) is 0 Å². The fourth-order valence-electron chi connectivity index (χ4n) is 6.14. The summed E-state index contributed by atoms with van der Waals surface area (Å²) in [5.74, 6) is -0.232. The Balaban J connectivity index is 1.14. The van der Waals surface area contributed by atoms with Crippen molar-refractivity contribution in [1.29, 1.82) is 0 Å². The van der Waals surface area contributed by atoms with Gasteiger partial charge in [0.25, 0.3) is 0 Å². The summed E-state index contributed by atoms with van der Waals surface area (Å²) in [4.78, 5) is 16.7. The zero-order valence-electron chi connectivity index (χ0n) is 19.9. The Morgan fingerprint density at radius 1 is 1.03 bits per heavy atom. The molecule has 4 aromatic rings.